The van der Waals surface area contributed by atoms with E-state index < -0.39 is 35.9 Å². The van der Waals surface area contributed by atoms with Gasteiger partial charge in [0.05, 0.1) is 6.04 Å². The lowest BCUT2D eigenvalue weighted by Crippen LogP contribution is -2.56. The van der Waals surface area contributed by atoms with Crippen molar-refractivity contribution in [3.05, 3.63) is 35.9 Å². The number of carbonyl (C=O) groups is 3. The normalized spacial score (nSPS) is 14.4. The number of hydrogen-bond acceptors (Lipinski definition) is 5. The van der Waals surface area contributed by atoms with Crippen LogP contribution in [0.15, 0.2) is 30.3 Å². The zero-order chi connectivity index (χ0) is 19.0. The summed E-state index contributed by atoms with van der Waals surface area (Å²) in [5.41, 5.74) is 6.39. The molecule has 138 valence electrons. The molecule has 25 heavy (non-hydrogen) atoms. The van der Waals surface area contributed by atoms with Crippen LogP contribution in [0.4, 0.5) is 0 Å². The minimum absolute atomic E-state index is 0.143. The molecule has 0 aliphatic heterocycles. The molecule has 0 spiro atoms. The van der Waals surface area contributed by atoms with Crippen LogP contribution in [0.3, 0.4) is 0 Å². The largest absolute Gasteiger partial charge is 0.480 e. The van der Waals surface area contributed by atoms with Gasteiger partial charge in [0, 0.05) is 12.2 Å². The van der Waals surface area contributed by atoms with Crippen LogP contribution in [0.2, 0.25) is 0 Å². The molecule has 3 unspecified atom stereocenters. The van der Waals surface area contributed by atoms with Crippen molar-refractivity contribution in [1.29, 1.82) is 0 Å². The van der Waals surface area contributed by atoms with E-state index in [0.29, 0.717) is 0 Å². The van der Waals surface area contributed by atoms with Crippen LogP contribution in [0.1, 0.15) is 19.4 Å². The van der Waals surface area contributed by atoms with Crippen LogP contribution < -0.4 is 16.4 Å². The second-order valence-electron chi connectivity index (χ2n) is 6.11. The molecule has 0 saturated carbocycles. The number of carboxylic acid groups (broad SMARTS) is 1. The number of nitrogens with two attached hydrogens (primary N) is 1. The molecule has 0 heterocycles. The molecule has 0 aliphatic rings. The third-order valence-corrected chi connectivity index (χ3v) is 4.07. The fourth-order valence-corrected chi connectivity index (χ4v) is 2.36. The van der Waals surface area contributed by atoms with E-state index in [4.69, 9.17) is 5.73 Å². The fraction of sp³-hybridized carbons (Fsp3) is 0.471. The first-order valence-corrected chi connectivity index (χ1v) is 8.63. The summed E-state index contributed by atoms with van der Waals surface area (Å²) in [5, 5.41) is 14.4. The molecule has 5 N–H and O–H groups in total. The van der Waals surface area contributed by atoms with Crippen LogP contribution >= 0.6 is 12.6 Å². The van der Waals surface area contributed by atoms with E-state index in [-0.39, 0.29) is 18.1 Å². The zero-order valence-electron chi connectivity index (χ0n) is 14.3. The van der Waals surface area contributed by atoms with Crippen molar-refractivity contribution < 1.29 is 19.5 Å². The first-order chi connectivity index (χ1) is 11.8. The van der Waals surface area contributed by atoms with E-state index >= 15 is 0 Å². The third kappa shape index (κ3) is 6.75. The molecule has 0 radical (unpaired) electrons. The highest BCUT2D eigenvalue weighted by Gasteiger charge is 2.29. The number of carboxylic acids is 1. The Morgan fingerprint density at radius 2 is 1.72 bits per heavy atom. The molecule has 7 nitrogen and oxygen atoms in total. The molecular weight excluding hydrogens is 342 g/mol. The molecule has 0 aromatic heterocycles. The van der Waals surface area contributed by atoms with Gasteiger partial charge < -0.3 is 21.5 Å². The average molecular weight is 367 g/mol. The SMILES string of the molecule is CC(C)C(NC(=O)C(N)CS)C(=O)NC(Cc1ccccc1)C(=O)O. The maximum Gasteiger partial charge on any atom is 0.326 e. The second-order valence-corrected chi connectivity index (χ2v) is 6.47. The minimum Gasteiger partial charge on any atom is -0.480 e. The zero-order valence-corrected chi connectivity index (χ0v) is 15.2. The van der Waals surface area contributed by atoms with Gasteiger partial charge in [-0.15, -0.1) is 0 Å². The van der Waals surface area contributed by atoms with E-state index in [1.807, 2.05) is 6.07 Å². The van der Waals surface area contributed by atoms with Gasteiger partial charge in [-0.2, -0.15) is 12.6 Å². The summed E-state index contributed by atoms with van der Waals surface area (Å²) >= 11 is 3.95. The van der Waals surface area contributed by atoms with E-state index in [1.165, 1.54) is 0 Å². The number of nitrogens with one attached hydrogen (secondary N) is 2. The van der Waals surface area contributed by atoms with Gasteiger partial charge in [0.15, 0.2) is 0 Å². The molecule has 0 fully saturated rings. The van der Waals surface area contributed by atoms with Gasteiger partial charge in [0.25, 0.3) is 0 Å². The Morgan fingerprint density at radius 1 is 1.12 bits per heavy atom. The standard InChI is InChI=1S/C17H25N3O4S/c1-10(2)14(20-15(21)12(18)9-25)16(22)19-13(17(23)24)8-11-6-4-3-5-7-11/h3-7,10,12-14,25H,8-9,18H2,1-2H3,(H,19,22)(H,20,21)(H,23,24). The van der Waals surface area contributed by atoms with Crippen molar-refractivity contribution in [1.82, 2.24) is 10.6 Å². The molecule has 1 rings (SSSR count). The summed E-state index contributed by atoms with van der Waals surface area (Å²) in [6.45, 7) is 3.51. The topological polar surface area (TPSA) is 122 Å². The highest BCUT2D eigenvalue weighted by molar-refractivity contribution is 7.80. The molecule has 3 atom stereocenters. The highest BCUT2D eigenvalue weighted by Crippen LogP contribution is 2.07. The molecule has 0 bridgehead atoms. The van der Waals surface area contributed by atoms with Crippen LogP contribution in [0.5, 0.6) is 0 Å². The van der Waals surface area contributed by atoms with E-state index in [2.05, 4.69) is 23.3 Å². The van der Waals surface area contributed by atoms with Crippen molar-refractivity contribution in [2.24, 2.45) is 11.7 Å². The Kier molecular flexibility index (Phi) is 8.44. The highest BCUT2D eigenvalue weighted by atomic mass is 32.1. The van der Waals surface area contributed by atoms with E-state index in [0.717, 1.165) is 5.56 Å². The van der Waals surface area contributed by atoms with Gasteiger partial charge in [0.2, 0.25) is 11.8 Å². The van der Waals surface area contributed by atoms with Crippen molar-refractivity contribution in [2.75, 3.05) is 5.75 Å². The van der Waals surface area contributed by atoms with Crippen LogP contribution in [-0.2, 0) is 20.8 Å². The fourth-order valence-electron chi connectivity index (χ4n) is 2.19. The molecule has 1 aromatic carbocycles. The number of carbonyl (C=O) groups excluding carboxylic acids is 2. The molecule has 1 aromatic rings. The number of aliphatic carboxylic acids is 1. The quantitative estimate of drug-likeness (QED) is 0.399. The van der Waals surface area contributed by atoms with Crippen LogP contribution in [-0.4, -0.2) is 46.8 Å². The Labute approximate surface area is 152 Å². The van der Waals surface area contributed by atoms with E-state index in [9.17, 15) is 19.5 Å². The maximum atomic E-state index is 12.5. The Balaban J connectivity index is 2.81. The van der Waals surface area contributed by atoms with E-state index in [1.54, 1.807) is 38.1 Å². The first-order valence-electron chi connectivity index (χ1n) is 8.00. The lowest BCUT2D eigenvalue weighted by atomic mass is 10.0. The Morgan fingerprint density at radius 3 is 2.20 bits per heavy atom. The van der Waals surface area contributed by atoms with Crippen molar-refractivity contribution >= 4 is 30.4 Å². The second kappa shape index (κ2) is 10.0. The summed E-state index contributed by atoms with van der Waals surface area (Å²) in [6, 6.07) is 6.19. The lowest BCUT2D eigenvalue weighted by Gasteiger charge is -2.25. The Hall–Kier alpha value is -2.06. The summed E-state index contributed by atoms with van der Waals surface area (Å²) < 4.78 is 0. The molecule has 2 amide bonds. The predicted octanol–water partition coefficient (Wildman–Crippen LogP) is 0.196. The molecular formula is C17H25N3O4S. The maximum absolute atomic E-state index is 12.5. The third-order valence-electron chi connectivity index (χ3n) is 3.68. The van der Waals surface area contributed by atoms with Crippen molar-refractivity contribution in [2.45, 2.75) is 38.4 Å². The first kappa shape index (κ1) is 21.0. The lowest BCUT2D eigenvalue weighted by molar-refractivity contribution is -0.142. The number of thiol groups is 1. The van der Waals surface area contributed by atoms with Crippen molar-refractivity contribution in [3.63, 3.8) is 0 Å². The monoisotopic (exact) mass is 367 g/mol. The smallest absolute Gasteiger partial charge is 0.326 e. The summed E-state index contributed by atoms with van der Waals surface area (Å²) in [6.07, 6.45) is 0.150. The van der Waals surface area contributed by atoms with Gasteiger partial charge in [-0.1, -0.05) is 44.2 Å². The van der Waals surface area contributed by atoms with Gasteiger partial charge in [0.1, 0.15) is 12.1 Å². The molecule has 0 saturated heterocycles. The molecule has 0 aliphatic carbocycles. The number of hydrogen-bond donors (Lipinski definition) is 5. The van der Waals surface area contributed by atoms with Crippen LogP contribution in [0.25, 0.3) is 0 Å². The van der Waals surface area contributed by atoms with Gasteiger partial charge >= 0.3 is 5.97 Å². The number of rotatable bonds is 9. The average Bonchev–Trinajstić information content (AvgIpc) is 2.58. The van der Waals surface area contributed by atoms with Crippen LogP contribution in [0, 0.1) is 5.92 Å². The van der Waals surface area contributed by atoms with Gasteiger partial charge in [-0.25, -0.2) is 4.79 Å². The van der Waals surface area contributed by atoms with Gasteiger partial charge in [-0.3, -0.25) is 9.59 Å². The summed E-state index contributed by atoms with van der Waals surface area (Å²) in [4.78, 5) is 35.9. The summed E-state index contributed by atoms with van der Waals surface area (Å²) in [7, 11) is 0. The minimum atomic E-state index is -1.14. The van der Waals surface area contributed by atoms with Crippen molar-refractivity contribution in [3.8, 4) is 0 Å². The van der Waals surface area contributed by atoms with Gasteiger partial charge in [-0.05, 0) is 11.5 Å². The molecule has 8 heteroatoms. The Bertz CT molecular complexity index is 595. The number of benzene rings is 1. The number of amides is 2. The summed E-state index contributed by atoms with van der Waals surface area (Å²) in [5.74, 6) is -2.29. The predicted molar refractivity (Wildman–Crippen MR) is 98.3 cm³/mol.